The predicted molar refractivity (Wildman–Crippen MR) is 62.7 cm³/mol. The molecule has 0 bridgehead atoms. The van der Waals surface area contributed by atoms with Gasteiger partial charge in [0.2, 0.25) is 0 Å². The van der Waals surface area contributed by atoms with E-state index >= 15 is 0 Å². The summed E-state index contributed by atoms with van der Waals surface area (Å²) in [6.07, 6.45) is 4.68. The zero-order valence-electron chi connectivity index (χ0n) is 10.4. The smallest absolute Gasteiger partial charge is 0.0638 e. The Labute approximate surface area is 89.4 Å². The monoisotopic (exact) mass is 201 g/mol. The third-order valence-corrected chi connectivity index (χ3v) is 2.32. The van der Waals surface area contributed by atoms with Crippen molar-refractivity contribution in [3.63, 3.8) is 0 Å². The molecular weight excluding hydrogens is 174 g/mol. The minimum Gasteiger partial charge on any atom is -0.376 e. The molecule has 2 nitrogen and oxygen atoms in total. The van der Waals surface area contributed by atoms with Gasteiger partial charge in [0.1, 0.15) is 0 Å². The van der Waals surface area contributed by atoms with Crippen molar-refractivity contribution in [1.82, 2.24) is 5.32 Å². The first kappa shape index (κ1) is 13.9. The van der Waals surface area contributed by atoms with E-state index in [0.717, 1.165) is 26.1 Å². The summed E-state index contributed by atoms with van der Waals surface area (Å²) in [4.78, 5) is 0. The van der Waals surface area contributed by atoms with Crippen molar-refractivity contribution < 1.29 is 4.74 Å². The van der Waals surface area contributed by atoms with E-state index in [-0.39, 0.29) is 5.60 Å². The topological polar surface area (TPSA) is 21.3 Å². The van der Waals surface area contributed by atoms with Crippen molar-refractivity contribution in [2.75, 3.05) is 19.7 Å². The zero-order chi connectivity index (χ0) is 10.9. The van der Waals surface area contributed by atoms with Crippen LogP contribution in [0.2, 0.25) is 0 Å². The van der Waals surface area contributed by atoms with E-state index in [1.54, 1.807) is 0 Å². The van der Waals surface area contributed by atoms with Gasteiger partial charge in [0.25, 0.3) is 0 Å². The highest BCUT2D eigenvalue weighted by atomic mass is 16.5. The molecule has 0 rings (SSSR count). The van der Waals surface area contributed by atoms with Crippen LogP contribution in [0.1, 0.15) is 53.4 Å². The highest BCUT2D eigenvalue weighted by molar-refractivity contribution is 4.69. The van der Waals surface area contributed by atoms with Crippen LogP contribution in [0, 0.1) is 0 Å². The molecule has 0 aliphatic heterocycles. The highest BCUT2D eigenvalue weighted by Gasteiger charge is 2.16. The van der Waals surface area contributed by atoms with Crippen LogP contribution in [0.25, 0.3) is 0 Å². The largest absolute Gasteiger partial charge is 0.376 e. The van der Waals surface area contributed by atoms with Crippen LogP contribution in [0.15, 0.2) is 0 Å². The molecule has 86 valence electrons. The lowest BCUT2D eigenvalue weighted by Crippen LogP contribution is -2.30. The minimum atomic E-state index is 0.0376. The van der Waals surface area contributed by atoms with Crippen molar-refractivity contribution in [3.05, 3.63) is 0 Å². The van der Waals surface area contributed by atoms with E-state index in [2.05, 4.69) is 33.0 Å². The maximum Gasteiger partial charge on any atom is 0.0638 e. The lowest BCUT2D eigenvalue weighted by Gasteiger charge is -2.25. The van der Waals surface area contributed by atoms with Crippen molar-refractivity contribution in [2.24, 2.45) is 0 Å². The van der Waals surface area contributed by atoms with Gasteiger partial charge in [0.15, 0.2) is 0 Å². The normalized spacial score (nSPS) is 12.0. The van der Waals surface area contributed by atoms with Crippen LogP contribution < -0.4 is 5.32 Å². The lowest BCUT2D eigenvalue weighted by atomic mass is 10.1. The predicted octanol–water partition coefficient (Wildman–Crippen LogP) is 2.97. The van der Waals surface area contributed by atoms with Gasteiger partial charge in [-0.15, -0.1) is 0 Å². The van der Waals surface area contributed by atoms with Crippen LogP contribution >= 0.6 is 0 Å². The van der Waals surface area contributed by atoms with E-state index in [9.17, 15) is 0 Å². The lowest BCUT2D eigenvalue weighted by molar-refractivity contribution is -0.0240. The van der Waals surface area contributed by atoms with Crippen molar-refractivity contribution in [2.45, 2.75) is 59.0 Å². The first-order valence-corrected chi connectivity index (χ1v) is 5.97. The Kier molecular flexibility index (Phi) is 8.20. The van der Waals surface area contributed by atoms with Crippen LogP contribution in [0.3, 0.4) is 0 Å². The van der Waals surface area contributed by atoms with Crippen molar-refractivity contribution in [3.8, 4) is 0 Å². The molecule has 0 aliphatic rings. The molecule has 1 N–H and O–H groups in total. The molecule has 0 saturated heterocycles. The van der Waals surface area contributed by atoms with Gasteiger partial charge in [-0.05, 0) is 46.2 Å². The van der Waals surface area contributed by atoms with Crippen molar-refractivity contribution >= 4 is 0 Å². The molecule has 0 radical (unpaired) electrons. The molecule has 0 spiro atoms. The van der Waals surface area contributed by atoms with E-state index in [4.69, 9.17) is 4.74 Å². The number of unbranched alkanes of at least 4 members (excludes halogenated alkanes) is 1. The fraction of sp³-hybridized carbons (Fsp3) is 1.00. The second-order valence-corrected chi connectivity index (χ2v) is 4.46. The van der Waals surface area contributed by atoms with E-state index < -0.39 is 0 Å². The Bertz CT molecular complexity index is 123. The summed E-state index contributed by atoms with van der Waals surface area (Å²) in [5.41, 5.74) is 0.0376. The fourth-order valence-corrected chi connectivity index (χ4v) is 1.26. The second-order valence-electron chi connectivity index (χ2n) is 4.46. The number of hydrogen-bond donors (Lipinski definition) is 1. The summed E-state index contributed by atoms with van der Waals surface area (Å²) in [5, 5.41) is 3.40. The maximum atomic E-state index is 5.81. The van der Waals surface area contributed by atoms with Gasteiger partial charge in [0.05, 0.1) is 5.60 Å². The molecule has 0 amide bonds. The minimum absolute atomic E-state index is 0.0376. The average Bonchev–Trinajstić information content (AvgIpc) is 2.13. The fourth-order valence-electron chi connectivity index (χ4n) is 1.26. The van der Waals surface area contributed by atoms with Crippen LogP contribution in [-0.2, 0) is 4.74 Å². The first-order chi connectivity index (χ1) is 6.62. The summed E-state index contributed by atoms with van der Waals surface area (Å²) in [6.45, 7) is 11.8. The van der Waals surface area contributed by atoms with Gasteiger partial charge < -0.3 is 10.1 Å². The van der Waals surface area contributed by atoms with Crippen LogP contribution in [-0.4, -0.2) is 25.3 Å². The highest BCUT2D eigenvalue weighted by Crippen LogP contribution is 2.14. The van der Waals surface area contributed by atoms with E-state index in [1.807, 2.05) is 0 Å². The van der Waals surface area contributed by atoms with Gasteiger partial charge >= 0.3 is 0 Å². The Morgan fingerprint density at radius 3 is 2.36 bits per heavy atom. The number of ether oxygens (including phenoxy) is 1. The maximum absolute atomic E-state index is 5.81. The molecule has 0 unspecified atom stereocenters. The molecule has 14 heavy (non-hydrogen) atoms. The first-order valence-electron chi connectivity index (χ1n) is 5.97. The molecule has 0 fully saturated rings. The number of hydrogen-bond acceptors (Lipinski definition) is 2. The summed E-state index contributed by atoms with van der Waals surface area (Å²) >= 11 is 0. The molecule has 0 heterocycles. The molecule has 0 aromatic carbocycles. The Morgan fingerprint density at radius 2 is 1.79 bits per heavy atom. The van der Waals surface area contributed by atoms with Crippen LogP contribution in [0.4, 0.5) is 0 Å². The summed E-state index contributed by atoms with van der Waals surface area (Å²) in [7, 11) is 0. The molecule has 0 aromatic rings. The molecule has 0 atom stereocenters. The second kappa shape index (κ2) is 8.25. The zero-order valence-corrected chi connectivity index (χ0v) is 10.4. The molecule has 2 heteroatoms. The standard InChI is InChI=1S/C12H27NO/c1-5-7-11-14-12(3,4)8-10-13-9-6-2/h13H,5-11H2,1-4H3. The third-order valence-electron chi connectivity index (χ3n) is 2.32. The van der Waals surface area contributed by atoms with Gasteiger partial charge in [-0.2, -0.15) is 0 Å². The summed E-state index contributed by atoms with van der Waals surface area (Å²) in [6, 6.07) is 0. The van der Waals surface area contributed by atoms with Gasteiger partial charge in [-0.25, -0.2) is 0 Å². The number of rotatable bonds is 9. The molecular formula is C12H27NO. The van der Waals surface area contributed by atoms with Crippen LogP contribution in [0.5, 0.6) is 0 Å². The van der Waals surface area contributed by atoms with Gasteiger partial charge in [-0.1, -0.05) is 20.3 Å². The van der Waals surface area contributed by atoms with E-state index in [1.165, 1.54) is 19.3 Å². The van der Waals surface area contributed by atoms with Gasteiger partial charge in [-0.3, -0.25) is 0 Å². The number of nitrogens with one attached hydrogen (secondary N) is 1. The molecule has 0 aromatic heterocycles. The Balaban J connectivity index is 3.40. The summed E-state index contributed by atoms with van der Waals surface area (Å²) in [5.74, 6) is 0. The van der Waals surface area contributed by atoms with Crippen molar-refractivity contribution in [1.29, 1.82) is 0 Å². The Hall–Kier alpha value is -0.0800. The quantitative estimate of drug-likeness (QED) is 0.579. The average molecular weight is 201 g/mol. The Morgan fingerprint density at radius 1 is 1.07 bits per heavy atom. The van der Waals surface area contributed by atoms with Gasteiger partial charge in [0, 0.05) is 6.61 Å². The molecule has 0 aliphatic carbocycles. The molecule has 0 saturated carbocycles. The third kappa shape index (κ3) is 8.52. The van der Waals surface area contributed by atoms with E-state index in [0.29, 0.717) is 0 Å². The summed E-state index contributed by atoms with van der Waals surface area (Å²) < 4.78 is 5.81. The SMILES string of the molecule is CCCCOC(C)(C)CCNCCC.